The smallest absolute Gasteiger partial charge is 0.271 e. The van der Waals surface area contributed by atoms with E-state index in [1.54, 1.807) is 41.7 Å². The van der Waals surface area contributed by atoms with Crippen molar-refractivity contribution in [3.8, 4) is 11.3 Å². The third kappa shape index (κ3) is 10.2. The van der Waals surface area contributed by atoms with Crippen LogP contribution in [-0.4, -0.2) is 88.8 Å². The van der Waals surface area contributed by atoms with Gasteiger partial charge in [-0.3, -0.25) is 14.5 Å². The van der Waals surface area contributed by atoms with Crippen molar-refractivity contribution >= 4 is 44.4 Å². The number of carbonyl (C=O) groups is 2. The van der Waals surface area contributed by atoms with Gasteiger partial charge in [-0.05, 0) is 61.9 Å². The van der Waals surface area contributed by atoms with Gasteiger partial charge in [-0.1, -0.05) is 57.2 Å². The zero-order valence-corrected chi connectivity index (χ0v) is 28.2. The lowest BCUT2D eigenvalue weighted by Crippen LogP contribution is -2.46. The molecule has 0 bridgehead atoms. The maximum Gasteiger partial charge on any atom is 0.271 e. The van der Waals surface area contributed by atoms with Gasteiger partial charge in [-0.15, -0.1) is 11.3 Å². The van der Waals surface area contributed by atoms with E-state index in [9.17, 15) is 13.2 Å². The second-order valence-electron chi connectivity index (χ2n) is 10.9. The number of hydrogen-bond donors (Lipinski definition) is 0. The van der Waals surface area contributed by atoms with Crippen molar-refractivity contribution in [1.82, 2.24) is 14.8 Å². The maximum atomic E-state index is 13.7. The van der Waals surface area contributed by atoms with Gasteiger partial charge in [0, 0.05) is 57.3 Å². The highest BCUT2D eigenvalue weighted by molar-refractivity contribution is 7.93. The molecule has 0 saturated carbocycles. The molecular formula is C34H45N5O4S2. The lowest BCUT2D eigenvalue weighted by molar-refractivity contribution is -0.113. The van der Waals surface area contributed by atoms with Crippen molar-refractivity contribution in [2.75, 3.05) is 62.6 Å². The summed E-state index contributed by atoms with van der Waals surface area (Å²) >= 11 is 1.55. The molecule has 1 fully saturated rings. The molecule has 3 aromatic rings. The Hall–Kier alpha value is -3.64. The highest BCUT2D eigenvalue weighted by Gasteiger charge is 2.30. The topological polar surface area (TPSA) is 94.1 Å². The van der Waals surface area contributed by atoms with Crippen LogP contribution in [0.1, 0.15) is 31.7 Å². The summed E-state index contributed by atoms with van der Waals surface area (Å²) in [5, 5.41) is 2.86. The third-order valence-corrected chi connectivity index (χ3v) is 10.2. The van der Waals surface area contributed by atoms with Crippen molar-refractivity contribution in [1.29, 1.82) is 0 Å². The van der Waals surface area contributed by atoms with Crippen LogP contribution in [0.15, 0.2) is 84.1 Å². The highest BCUT2D eigenvalue weighted by Crippen LogP contribution is 2.32. The summed E-state index contributed by atoms with van der Waals surface area (Å²) in [7, 11) is 0.0424. The summed E-state index contributed by atoms with van der Waals surface area (Å²) in [5.41, 5.74) is 2.80. The molecule has 2 aromatic carbocycles. The monoisotopic (exact) mass is 651 g/mol. The minimum atomic E-state index is -4.16. The van der Waals surface area contributed by atoms with Gasteiger partial charge in [0.25, 0.3) is 15.9 Å². The van der Waals surface area contributed by atoms with Crippen LogP contribution in [0, 0.1) is 0 Å². The molecule has 4 rings (SSSR count). The molecule has 0 spiro atoms. The van der Waals surface area contributed by atoms with E-state index in [1.807, 2.05) is 30.6 Å². The molecule has 1 aliphatic rings. The lowest BCUT2D eigenvalue weighted by atomic mass is 10.1. The Bertz CT molecular complexity index is 1510. The predicted molar refractivity (Wildman–Crippen MR) is 186 cm³/mol. The number of anilines is 2. The van der Waals surface area contributed by atoms with E-state index in [2.05, 4.69) is 41.8 Å². The van der Waals surface area contributed by atoms with Crippen LogP contribution in [0.3, 0.4) is 0 Å². The number of allylic oxidation sites excluding steroid dienone is 1. The number of thiazole rings is 1. The molecule has 1 aromatic heterocycles. The molecule has 1 saturated heterocycles. The number of amides is 1. The number of rotatable bonds is 14. The molecule has 45 heavy (non-hydrogen) atoms. The number of piperazine rings is 1. The number of aromatic nitrogens is 1. The van der Waals surface area contributed by atoms with Crippen LogP contribution in [-0.2, 0) is 26.0 Å². The Balaban J connectivity index is 0.00000130. The number of likely N-dealkylation sites (N-methyl/N-ethyl adjacent to an activating group) is 2. The summed E-state index contributed by atoms with van der Waals surface area (Å²) < 4.78 is 28.2. The Morgan fingerprint density at radius 2 is 1.76 bits per heavy atom. The molecule has 0 N–H and O–H groups in total. The normalized spacial score (nSPS) is 13.8. The first kappa shape index (κ1) is 35.8. The number of carbonyl (C=O) groups excluding carboxylic acids is 2. The fourth-order valence-corrected chi connectivity index (χ4v) is 7.02. The first-order chi connectivity index (χ1) is 21.6. The Labute approximate surface area is 272 Å². The van der Waals surface area contributed by atoms with Gasteiger partial charge in [-0.25, -0.2) is 13.4 Å². The quantitative estimate of drug-likeness (QED) is 0.128. The maximum absolute atomic E-state index is 13.7. The number of benzene rings is 2. The number of nitrogens with zero attached hydrogens (tertiary/aromatic N) is 5. The van der Waals surface area contributed by atoms with Gasteiger partial charge in [0.15, 0.2) is 5.13 Å². The van der Waals surface area contributed by atoms with Crippen molar-refractivity contribution < 1.29 is 18.0 Å². The van der Waals surface area contributed by atoms with E-state index in [1.165, 1.54) is 6.08 Å². The predicted octanol–water partition coefficient (Wildman–Crippen LogP) is 5.51. The summed E-state index contributed by atoms with van der Waals surface area (Å²) in [6, 6.07) is 13.7. The van der Waals surface area contributed by atoms with Crippen LogP contribution in [0.25, 0.3) is 11.3 Å². The SMILES string of the molecule is C=CC(=O)N(c1cccc(-c2csc(N(C)CCN3CCN(C)CC3)n2)c1)S(=O)(=O)c1ccc(CCCCC)cc1.C=CC=O. The minimum Gasteiger partial charge on any atom is -0.350 e. The second-order valence-corrected chi connectivity index (χ2v) is 13.5. The van der Waals surface area contributed by atoms with Gasteiger partial charge in [-0.2, -0.15) is 4.31 Å². The standard InChI is InChI=1S/C31H41N5O3S2.C3H4O/c1-5-7-8-10-25-13-15-28(16-14-25)41(38,39)36(30(37)6-2)27-12-9-11-26(23-27)29-24-40-31(32-29)34(4)19-22-35-20-17-33(3)18-21-35;1-2-3-4/h6,9,11-16,23-24H,2,5,7-8,10,17-22H2,1,3-4H3;2-3H,1H2. The van der Waals surface area contributed by atoms with Crippen molar-refractivity contribution in [3.05, 3.63) is 84.8 Å². The molecule has 0 atom stereocenters. The summed E-state index contributed by atoms with van der Waals surface area (Å²) in [5.74, 6) is -0.711. The van der Waals surface area contributed by atoms with Crippen LogP contribution >= 0.6 is 11.3 Å². The number of aryl methyl sites for hydroxylation is 1. The van der Waals surface area contributed by atoms with Crippen molar-refractivity contribution in [3.63, 3.8) is 0 Å². The molecule has 0 radical (unpaired) electrons. The molecule has 11 heteroatoms. The lowest BCUT2D eigenvalue weighted by Gasteiger charge is -2.33. The molecule has 1 amide bonds. The van der Waals surface area contributed by atoms with Crippen molar-refractivity contribution in [2.45, 2.75) is 37.5 Å². The number of aldehydes is 1. The van der Waals surface area contributed by atoms with E-state index in [4.69, 9.17) is 9.78 Å². The summed E-state index contributed by atoms with van der Waals surface area (Å²) in [6.07, 6.45) is 7.07. The average molecular weight is 652 g/mol. The van der Waals surface area contributed by atoms with E-state index in [-0.39, 0.29) is 10.6 Å². The van der Waals surface area contributed by atoms with E-state index >= 15 is 0 Å². The minimum absolute atomic E-state index is 0.0651. The summed E-state index contributed by atoms with van der Waals surface area (Å²) in [6.45, 7) is 15.0. The molecule has 0 unspecified atom stereocenters. The molecule has 1 aliphatic heterocycles. The molecule has 9 nitrogen and oxygen atoms in total. The largest absolute Gasteiger partial charge is 0.350 e. The van der Waals surface area contributed by atoms with Gasteiger partial charge in [0.1, 0.15) is 6.29 Å². The van der Waals surface area contributed by atoms with Gasteiger partial charge < -0.3 is 9.80 Å². The first-order valence-electron chi connectivity index (χ1n) is 15.2. The van der Waals surface area contributed by atoms with Gasteiger partial charge in [0.2, 0.25) is 0 Å². The van der Waals surface area contributed by atoms with Crippen LogP contribution in [0.2, 0.25) is 0 Å². The first-order valence-corrected chi connectivity index (χ1v) is 17.5. The third-order valence-electron chi connectivity index (χ3n) is 7.54. The van der Waals surface area contributed by atoms with Gasteiger partial charge >= 0.3 is 0 Å². The van der Waals surface area contributed by atoms with Crippen molar-refractivity contribution in [2.24, 2.45) is 0 Å². The molecule has 2 heterocycles. The summed E-state index contributed by atoms with van der Waals surface area (Å²) in [4.78, 5) is 33.9. The fourth-order valence-electron chi connectivity index (χ4n) is 4.80. The molecule has 0 aliphatic carbocycles. The highest BCUT2D eigenvalue weighted by atomic mass is 32.2. The average Bonchev–Trinajstić information content (AvgIpc) is 3.56. The molecular weight excluding hydrogens is 607 g/mol. The van der Waals surface area contributed by atoms with E-state index in [0.29, 0.717) is 6.29 Å². The fraction of sp³-hybridized carbons (Fsp3) is 0.382. The molecule has 242 valence electrons. The van der Waals surface area contributed by atoms with Gasteiger partial charge in [0.05, 0.1) is 16.3 Å². The van der Waals surface area contributed by atoms with Crippen LogP contribution in [0.5, 0.6) is 0 Å². The number of sulfonamides is 1. The van der Waals surface area contributed by atoms with E-state index < -0.39 is 15.9 Å². The Morgan fingerprint density at radius 3 is 2.38 bits per heavy atom. The number of hydrogen-bond acceptors (Lipinski definition) is 9. The zero-order valence-electron chi connectivity index (χ0n) is 26.6. The van der Waals surface area contributed by atoms with Crippen LogP contribution < -0.4 is 9.21 Å². The number of unbranched alkanes of at least 4 members (excludes halogenated alkanes) is 2. The Kier molecular flexibility index (Phi) is 14.1. The Morgan fingerprint density at radius 1 is 1.07 bits per heavy atom. The second kappa shape index (κ2) is 17.7. The van der Waals surface area contributed by atoms with Crippen LogP contribution in [0.4, 0.5) is 10.8 Å². The van der Waals surface area contributed by atoms with E-state index in [0.717, 1.165) is 97.3 Å². The zero-order chi connectivity index (χ0) is 32.8.